The smallest absolute Gasteiger partial charge is 0.243 e. The zero-order chi connectivity index (χ0) is 32.0. The molecular formula is C26H48N8O7. The van der Waals surface area contributed by atoms with Crippen molar-refractivity contribution in [2.24, 2.45) is 40.7 Å². The zero-order valence-electron chi connectivity index (χ0n) is 24.8. The van der Waals surface area contributed by atoms with Crippen molar-refractivity contribution in [2.45, 2.75) is 104 Å². The van der Waals surface area contributed by atoms with Gasteiger partial charge in [0.1, 0.15) is 24.2 Å². The Bertz CT molecular complexity index is 954. The van der Waals surface area contributed by atoms with Crippen LogP contribution in [-0.4, -0.2) is 71.6 Å². The van der Waals surface area contributed by atoms with Crippen LogP contribution >= 0.6 is 0 Å². The van der Waals surface area contributed by atoms with E-state index in [-0.39, 0.29) is 30.6 Å². The second-order valence-electron chi connectivity index (χ2n) is 11.5. The number of hydrogen-bond acceptors (Lipinski definition) is 8. The number of nitrogens with one attached hydrogen (secondary N) is 4. The summed E-state index contributed by atoms with van der Waals surface area (Å²) < 4.78 is 0. The van der Waals surface area contributed by atoms with E-state index in [9.17, 15) is 33.6 Å². The molecule has 0 aliphatic heterocycles. The number of carbonyl (C=O) groups excluding carboxylic acids is 7. The van der Waals surface area contributed by atoms with Crippen LogP contribution in [0.15, 0.2) is 0 Å². The van der Waals surface area contributed by atoms with Crippen molar-refractivity contribution in [3.8, 4) is 0 Å². The molecule has 0 heterocycles. The van der Waals surface area contributed by atoms with Gasteiger partial charge in [0.05, 0.1) is 18.9 Å². The molecule has 0 aliphatic carbocycles. The van der Waals surface area contributed by atoms with Crippen molar-refractivity contribution in [2.75, 3.05) is 0 Å². The number of primary amides is 3. The standard InChI is InChI=1S/C26H48N8O7/c1-12(2)7-15(27)23(38)32-18(10-20(28)35)26(41)33-17(9-14(5)6)24(39)34-19(11-21(29)36)25(40)31-16(22(30)37)8-13(3)4/h12-19H,7-11,27H2,1-6H3,(H2,28,35)(H2,29,36)(H2,30,37)(H,31,40)(H,32,38)(H,33,41)(H,34,39)/t15-,16-,17-,18-,19-/m0/s1. The molecule has 12 N–H and O–H groups in total. The fraction of sp³-hybridized carbons (Fsp3) is 0.731. The van der Waals surface area contributed by atoms with E-state index in [0.717, 1.165) is 0 Å². The zero-order valence-corrected chi connectivity index (χ0v) is 24.8. The second kappa shape index (κ2) is 17.8. The van der Waals surface area contributed by atoms with Gasteiger partial charge in [-0.25, -0.2) is 0 Å². The first-order valence-corrected chi connectivity index (χ1v) is 13.7. The van der Waals surface area contributed by atoms with Gasteiger partial charge in [0, 0.05) is 0 Å². The van der Waals surface area contributed by atoms with Crippen molar-refractivity contribution < 1.29 is 33.6 Å². The Kier molecular flexibility index (Phi) is 16.2. The maximum atomic E-state index is 13.3. The van der Waals surface area contributed by atoms with Crippen LogP contribution in [0.25, 0.3) is 0 Å². The summed E-state index contributed by atoms with van der Waals surface area (Å²) in [5.41, 5.74) is 21.8. The molecule has 0 spiro atoms. The number of carbonyl (C=O) groups is 7. The molecule has 7 amide bonds. The molecule has 234 valence electrons. The van der Waals surface area contributed by atoms with Crippen LogP contribution in [0.4, 0.5) is 0 Å². The minimum absolute atomic E-state index is 0.00335. The first-order valence-electron chi connectivity index (χ1n) is 13.7. The van der Waals surface area contributed by atoms with Crippen molar-refractivity contribution >= 4 is 41.4 Å². The lowest BCUT2D eigenvalue weighted by Gasteiger charge is -2.27. The Morgan fingerprint density at radius 2 is 0.805 bits per heavy atom. The SMILES string of the molecule is CC(C)C[C@H](NC(=O)[C@H](CC(N)=O)NC(=O)[C@H](CC(C)C)NC(=O)[C@H](CC(N)=O)NC(=O)[C@@H](N)CC(C)C)C(N)=O. The topological polar surface area (TPSA) is 272 Å². The fourth-order valence-electron chi connectivity index (χ4n) is 3.95. The molecule has 0 bridgehead atoms. The maximum Gasteiger partial charge on any atom is 0.243 e. The van der Waals surface area contributed by atoms with Gasteiger partial charge < -0.3 is 44.2 Å². The molecule has 15 nitrogen and oxygen atoms in total. The number of hydrogen-bond donors (Lipinski definition) is 8. The summed E-state index contributed by atoms with van der Waals surface area (Å²) in [5, 5.41) is 9.72. The highest BCUT2D eigenvalue weighted by Gasteiger charge is 2.33. The minimum atomic E-state index is -1.48. The molecule has 0 aliphatic rings. The van der Waals surface area contributed by atoms with Crippen molar-refractivity contribution in [3.05, 3.63) is 0 Å². The highest BCUT2D eigenvalue weighted by molar-refractivity contribution is 5.98. The summed E-state index contributed by atoms with van der Waals surface area (Å²) in [7, 11) is 0. The quantitative estimate of drug-likeness (QED) is 0.0810. The third kappa shape index (κ3) is 15.6. The van der Waals surface area contributed by atoms with E-state index in [2.05, 4.69) is 21.3 Å². The van der Waals surface area contributed by atoms with Gasteiger partial charge in [-0.2, -0.15) is 0 Å². The molecular weight excluding hydrogens is 536 g/mol. The monoisotopic (exact) mass is 584 g/mol. The van der Waals surface area contributed by atoms with Crippen LogP contribution in [0.3, 0.4) is 0 Å². The molecule has 41 heavy (non-hydrogen) atoms. The molecule has 15 heteroatoms. The van der Waals surface area contributed by atoms with Gasteiger partial charge in [0.15, 0.2) is 0 Å². The molecule has 0 fully saturated rings. The van der Waals surface area contributed by atoms with Crippen LogP contribution in [0.5, 0.6) is 0 Å². The lowest BCUT2D eigenvalue weighted by molar-refractivity contribution is -0.136. The summed E-state index contributed by atoms with van der Waals surface area (Å²) in [6.07, 6.45) is -0.519. The molecule has 0 saturated carbocycles. The van der Waals surface area contributed by atoms with E-state index in [1.165, 1.54) is 0 Å². The average Bonchev–Trinajstić information content (AvgIpc) is 2.80. The predicted molar refractivity (Wildman–Crippen MR) is 151 cm³/mol. The lowest BCUT2D eigenvalue weighted by Crippen LogP contribution is -2.59. The van der Waals surface area contributed by atoms with Gasteiger partial charge in [0.25, 0.3) is 0 Å². The number of nitrogens with two attached hydrogens (primary N) is 4. The Morgan fingerprint density at radius 1 is 0.488 bits per heavy atom. The van der Waals surface area contributed by atoms with E-state index in [1.54, 1.807) is 13.8 Å². The Hall–Kier alpha value is -3.75. The first-order chi connectivity index (χ1) is 18.8. The molecule has 0 radical (unpaired) electrons. The van der Waals surface area contributed by atoms with Gasteiger partial charge >= 0.3 is 0 Å². The summed E-state index contributed by atoms with van der Waals surface area (Å²) >= 11 is 0. The van der Waals surface area contributed by atoms with Crippen molar-refractivity contribution in [3.63, 3.8) is 0 Å². The van der Waals surface area contributed by atoms with Gasteiger partial charge in [-0.3, -0.25) is 33.6 Å². The Balaban J connectivity index is 5.89. The van der Waals surface area contributed by atoms with E-state index in [1.807, 2.05) is 27.7 Å². The lowest BCUT2D eigenvalue weighted by atomic mass is 10.0. The minimum Gasteiger partial charge on any atom is -0.370 e. The first kappa shape index (κ1) is 37.2. The van der Waals surface area contributed by atoms with E-state index < -0.39 is 84.4 Å². The third-order valence-electron chi connectivity index (χ3n) is 5.85. The normalized spacial score (nSPS) is 14.9. The second-order valence-corrected chi connectivity index (χ2v) is 11.5. The number of rotatable bonds is 19. The molecule has 0 saturated heterocycles. The van der Waals surface area contributed by atoms with Gasteiger partial charge in [0.2, 0.25) is 41.4 Å². The molecule has 0 aromatic carbocycles. The summed E-state index contributed by atoms with van der Waals surface area (Å²) in [4.78, 5) is 86.9. The third-order valence-corrected chi connectivity index (χ3v) is 5.85. The van der Waals surface area contributed by atoms with Gasteiger partial charge in [-0.1, -0.05) is 41.5 Å². The molecule has 0 rings (SSSR count). The van der Waals surface area contributed by atoms with Gasteiger partial charge in [-0.05, 0) is 37.0 Å². The fourth-order valence-corrected chi connectivity index (χ4v) is 3.95. The molecule has 0 unspecified atom stereocenters. The highest BCUT2D eigenvalue weighted by Crippen LogP contribution is 2.09. The largest absolute Gasteiger partial charge is 0.370 e. The van der Waals surface area contributed by atoms with Crippen LogP contribution in [-0.2, 0) is 33.6 Å². The summed E-state index contributed by atoms with van der Waals surface area (Å²) in [6, 6.07) is -6.14. The Labute approximate surface area is 241 Å². The van der Waals surface area contributed by atoms with Crippen molar-refractivity contribution in [1.29, 1.82) is 0 Å². The van der Waals surface area contributed by atoms with Gasteiger partial charge in [-0.15, -0.1) is 0 Å². The summed E-state index contributed by atoms with van der Waals surface area (Å²) in [6.45, 7) is 10.9. The Morgan fingerprint density at radius 3 is 1.17 bits per heavy atom. The van der Waals surface area contributed by atoms with Crippen molar-refractivity contribution in [1.82, 2.24) is 21.3 Å². The molecule has 0 aromatic heterocycles. The predicted octanol–water partition coefficient (Wildman–Crippen LogP) is -2.37. The van der Waals surface area contributed by atoms with Crippen LogP contribution < -0.4 is 44.2 Å². The maximum absolute atomic E-state index is 13.3. The summed E-state index contributed by atoms with van der Waals surface area (Å²) in [5.74, 6) is -5.88. The molecule has 5 atom stereocenters. The molecule has 0 aromatic rings. The van der Waals surface area contributed by atoms with Crippen LogP contribution in [0, 0.1) is 17.8 Å². The van der Waals surface area contributed by atoms with Crippen LogP contribution in [0.2, 0.25) is 0 Å². The van der Waals surface area contributed by atoms with E-state index in [4.69, 9.17) is 22.9 Å². The van der Waals surface area contributed by atoms with E-state index in [0.29, 0.717) is 6.42 Å². The van der Waals surface area contributed by atoms with E-state index >= 15 is 0 Å². The highest BCUT2D eigenvalue weighted by atomic mass is 16.2. The van der Waals surface area contributed by atoms with Crippen LogP contribution in [0.1, 0.15) is 73.6 Å². The average molecular weight is 585 g/mol. The number of amides is 7.